The fraction of sp³-hybridized carbons (Fsp3) is 0.562. The van der Waals surface area contributed by atoms with Gasteiger partial charge in [0.1, 0.15) is 6.04 Å². The molecule has 0 aromatic heterocycles. The van der Waals surface area contributed by atoms with Gasteiger partial charge in [-0.05, 0) is 18.4 Å². The predicted octanol–water partition coefficient (Wildman–Crippen LogP) is 1.94. The van der Waals surface area contributed by atoms with Crippen LogP contribution in [0, 0.1) is 5.92 Å². The van der Waals surface area contributed by atoms with E-state index in [-0.39, 0.29) is 18.0 Å². The minimum Gasteiger partial charge on any atom is -0.365 e. The zero-order valence-corrected chi connectivity index (χ0v) is 12.7. The Morgan fingerprint density at radius 1 is 1.00 bits per heavy atom. The number of hydrogen-bond acceptors (Lipinski definition) is 1. The molecule has 0 fully saturated rings. The van der Waals surface area contributed by atoms with Gasteiger partial charge in [0, 0.05) is 11.5 Å². The highest BCUT2D eigenvalue weighted by Gasteiger charge is 2.24. The minimum absolute atomic E-state index is 0.197. The average molecular weight is 263 g/mol. The molecule has 0 spiro atoms. The number of carbonyl (C=O) groups excluding carboxylic acids is 1. The van der Waals surface area contributed by atoms with Crippen LogP contribution in [0.1, 0.15) is 57.7 Å². The fourth-order valence-electron chi connectivity index (χ4n) is 2.23. The first-order valence-corrected chi connectivity index (χ1v) is 7.07. The van der Waals surface area contributed by atoms with E-state index in [1.54, 1.807) is 0 Å². The third kappa shape index (κ3) is 4.35. The van der Waals surface area contributed by atoms with Gasteiger partial charge in [0.25, 0.3) is 5.91 Å². The van der Waals surface area contributed by atoms with Gasteiger partial charge in [-0.15, -0.1) is 0 Å². The number of amides is 1. The van der Waals surface area contributed by atoms with Crippen molar-refractivity contribution in [1.82, 2.24) is 0 Å². The smallest absolute Gasteiger partial charge is 0.275 e. The van der Waals surface area contributed by atoms with E-state index in [2.05, 4.69) is 57.3 Å². The lowest BCUT2D eigenvalue weighted by molar-refractivity contribution is -0.719. The highest BCUT2D eigenvalue weighted by atomic mass is 16.1. The Kier molecular flexibility index (Phi) is 5.55. The number of rotatable bonds is 6. The molecule has 0 aliphatic heterocycles. The molecule has 0 aliphatic carbocycles. The maximum atomic E-state index is 11.2. The van der Waals surface area contributed by atoms with Crippen LogP contribution in [0.4, 0.5) is 0 Å². The van der Waals surface area contributed by atoms with E-state index < -0.39 is 0 Å². The van der Waals surface area contributed by atoms with Crippen molar-refractivity contribution in [3.63, 3.8) is 0 Å². The van der Waals surface area contributed by atoms with Crippen molar-refractivity contribution in [2.24, 2.45) is 11.7 Å². The van der Waals surface area contributed by atoms with Crippen molar-refractivity contribution in [2.45, 2.75) is 52.6 Å². The molecule has 4 N–H and O–H groups in total. The predicted molar refractivity (Wildman–Crippen MR) is 78.7 cm³/mol. The number of quaternary nitrogens is 1. The second-order valence-electron chi connectivity index (χ2n) is 5.97. The third-order valence-corrected chi connectivity index (χ3v) is 3.65. The summed E-state index contributed by atoms with van der Waals surface area (Å²) < 4.78 is 0. The monoisotopic (exact) mass is 263 g/mol. The van der Waals surface area contributed by atoms with Crippen LogP contribution in [0.25, 0.3) is 0 Å². The Labute approximate surface area is 116 Å². The van der Waals surface area contributed by atoms with Gasteiger partial charge in [-0.1, -0.05) is 52.0 Å². The van der Waals surface area contributed by atoms with Crippen LogP contribution in [0.5, 0.6) is 0 Å². The number of benzene rings is 1. The first kappa shape index (κ1) is 15.7. The van der Waals surface area contributed by atoms with Crippen LogP contribution in [0.2, 0.25) is 0 Å². The summed E-state index contributed by atoms with van der Waals surface area (Å²) in [6, 6.07) is 8.77. The van der Waals surface area contributed by atoms with Gasteiger partial charge in [0.05, 0.1) is 0 Å². The average Bonchev–Trinajstić information content (AvgIpc) is 2.35. The SMILES string of the molecule is CC(C)c1ccc([C@H]([NH2+][C@@H](C)C(N)=O)C(C)C)cc1. The molecule has 0 saturated carbocycles. The molecule has 0 aliphatic rings. The number of nitrogens with two attached hydrogens (primary N) is 2. The van der Waals surface area contributed by atoms with E-state index in [1.807, 2.05) is 6.92 Å². The molecule has 1 aromatic carbocycles. The molecule has 0 saturated heterocycles. The van der Waals surface area contributed by atoms with Crippen LogP contribution in [-0.2, 0) is 4.79 Å². The Balaban J connectivity index is 2.90. The van der Waals surface area contributed by atoms with E-state index in [0.717, 1.165) is 0 Å². The van der Waals surface area contributed by atoms with Crippen LogP contribution in [-0.4, -0.2) is 11.9 Å². The lowest BCUT2D eigenvalue weighted by Crippen LogP contribution is -2.93. The van der Waals surface area contributed by atoms with Crippen LogP contribution >= 0.6 is 0 Å². The summed E-state index contributed by atoms with van der Waals surface area (Å²) in [5, 5.41) is 2.07. The second kappa shape index (κ2) is 6.71. The first-order valence-electron chi connectivity index (χ1n) is 7.07. The van der Waals surface area contributed by atoms with E-state index in [0.29, 0.717) is 11.8 Å². The highest BCUT2D eigenvalue weighted by molar-refractivity contribution is 5.77. The summed E-state index contributed by atoms with van der Waals surface area (Å²) in [5.74, 6) is 0.733. The van der Waals surface area contributed by atoms with Crippen molar-refractivity contribution in [2.75, 3.05) is 0 Å². The van der Waals surface area contributed by atoms with Gasteiger partial charge in [-0.25, -0.2) is 0 Å². The maximum Gasteiger partial charge on any atom is 0.275 e. The summed E-state index contributed by atoms with van der Waals surface area (Å²) in [7, 11) is 0. The maximum absolute atomic E-state index is 11.2. The molecule has 0 radical (unpaired) electrons. The van der Waals surface area contributed by atoms with Crippen molar-refractivity contribution in [3.05, 3.63) is 35.4 Å². The summed E-state index contributed by atoms with van der Waals surface area (Å²) in [5.41, 5.74) is 7.95. The molecular formula is C16H27N2O+. The molecule has 3 nitrogen and oxygen atoms in total. The molecule has 1 aromatic rings. The zero-order valence-electron chi connectivity index (χ0n) is 12.7. The largest absolute Gasteiger partial charge is 0.365 e. The summed E-state index contributed by atoms with van der Waals surface area (Å²) in [6.45, 7) is 10.6. The van der Waals surface area contributed by atoms with E-state index in [1.165, 1.54) is 11.1 Å². The molecule has 1 amide bonds. The summed E-state index contributed by atoms with van der Waals surface area (Å²) >= 11 is 0. The summed E-state index contributed by atoms with van der Waals surface area (Å²) in [6.07, 6.45) is 0. The Morgan fingerprint density at radius 3 is 1.84 bits per heavy atom. The fourth-order valence-corrected chi connectivity index (χ4v) is 2.23. The van der Waals surface area contributed by atoms with Gasteiger partial charge in [-0.3, -0.25) is 4.79 Å². The minimum atomic E-state index is -0.260. The molecular weight excluding hydrogens is 236 g/mol. The highest BCUT2D eigenvalue weighted by Crippen LogP contribution is 2.21. The Bertz CT molecular complexity index is 409. The van der Waals surface area contributed by atoms with Crippen LogP contribution in [0.3, 0.4) is 0 Å². The molecule has 0 unspecified atom stereocenters. The molecule has 1 rings (SSSR count). The first-order chi connectivity index (χ1) is 8.82. The van der Waals surface area contributed by atoms with Gasteiger partial charge >= 0.3 is 0 Å². The van der Waals surface area contributed by atoms with Crippen molar-refractivity contribution >= 4 is 5.91 Å². The molecule has 19 heavy (non-hydrogen) atoms. The zero-order chi connectivity index (χ0) is 14.6. The van der Waals surface area contributed by atoms with Gasteiger partial charge in [0.2, 0.25) is 0 Å². The third-order valence-electron chi connectivity index (χ3n) is 3.65. The van der Waals surface area contributed by atoms with Crippen molar-refractivity contribution in [1.29, 1.82) is 0 Å². The topological polar surface area (TPSA) is 59.7 Å². The van der Waals surface area contributed by atoms with E-state index >= 15 is 0 Å². The molecule has 0 bridgehead atoms. The Morgan fingerprint density at radius 2 is 1.47 bits per heavy atom. The number of primary amides is 1. The lowest BCUT2D eigenvalue weighted by Gasteiger charge is -2.22. The normalized spacial score (nSPS) is 14.7. The van der Waals surface area contributed by atoms with E-state index in [4.69, 9.17) is 5.73 Å². The standard InChI is InChI=1S/C16H26N2O/c1-10(2)13-6-8-14(9-7-13)15(11(3)4)18-12(5)16(17)19/h6-12,15,18H,1-5H3,(H2,17,19)/p+1/t12-,15+/m0/s1. The van der Waals surface area contributed by atoms with Crippen LogP contribution < -0.4 is 11.1 Å². The van der Waals surface area contributed by atoms with Gasteiger partial charge < -0.3 is 11.1 Å². The molecule has 3 heteroatoms. The lowest BCUT2D eigenvalue weighted by atomic mass is 9.93. The number of hydrogen-bond donors (Lipinski definition) is 2. The number of carbonyl (C=O) groups is 1. The second-order valence-corrected chi connectivity index (χ2v) is 5.97. The Hall–Kier alpha value is -1.35. The molecule has 0 heterocycles. The quantitative estimate of drug-likeness (QED) is 0.809. The van der Waals surface area contributed by atoms with Crippen LogP contribution in [0.15, 0.2) is 24.3 Å². The van der Waals surface area contributed by atoms with Gasteiger partial charge in [-0.2, -0.15) is 0 Å². The van der Waals surface area contributed by atoms with E-state index in [9.17, 15) is 4.79 Å². The molecule has 2 atom stereocenters. The van der Waals surface area contributed by atoms with Crippen molar-refractivity contribution < 1.29 is 10.1 Å². The van der Waals surface area contributed by atoms with Gasteiger partial charge in [0.15, 0.2) is 6.04 Å². The molecule has 106 valence electrons. The summed E-state index contributed by atoms with van der Waals surface area (Å²) in [4.78, 5) is 11.2. The van der Waals surface area contributed by atoms with Crippen molar-refractivity contribution in [3.8, 4) is 0 Å².